The number of nitrogens with zero attached hydrogens (tertiary/aromatic N) is 1. The van der Waals surface area contributed by atoms with Crippen LogP contribution in [0.2, 0.25) is 0 Å². The number of carbonyl (C=O) groups excluding carboxylic acids is 1. The van der Waals surface area contributed by atoms with Gasteiger partial charge in [-0.05, 0) is 51.8 Å². The number of esters is 1. The molecule has 0 saturated carbocycles. The molecule has 0 radical (unpaired) electrons. The Morgan fingerprint density at radius 2 is 1.85 bits per heavy atom. The first-order valence-electron chi connectivity index (χ1n) is 8.97. The summed E-state index contributed by atoms with van der Waals surface area (Å²) in [5.41, 5.74) is 2.79. The zero-order valence-corrected chi connectivity index (χ0v) is 15.8. The second-order valence-electron chi connectivity index (χ2n) is 6.79. The first kappa shape index (κ1) is 18.7. The van der Waals surface area contributed by atoms with Gasteiger partial charge in [0.25, 0.3) is 0 Å². The summed E-state index contributed by atoms with van der Waals surface area (Å²) in [6.45, 7) is 6.26. The molecule has 0 fully saturated rings. The number of allylic oxidation sites excluding steroid dienone is 3. The van der Waals surface area contributed by atoms with Gasteiger partial charge in [0, 0.05) is 5.39 Å². The number of hydrogen-bond donors (Lipinski definition) is 0. The largest absolute Gasteiger partial charge is 0.458 e. The van der Waals surface area contributed by atoms with Crippen molar-refractivity contribution < 1.29 is 14.1 Å². The Balaban J connectivity index is 1.76. The topological polar surface area (TPSA) is 60.9 Å². The van der Waals surface area contributed by atoms with Crippen LogP contribution in [0.3, 0.4) is 0 Å². The van der Waals surface area contributed by atoms with E-state index in [2.05, 4.69) is 19.9 Å². The minimum atomic E-state index is -0.694. The highest BCUT2D eigenvalue weighted by atomic mass is 16.5. The molecule has 0 N–H and O–H groups in total. The molecule has 2 aromatic heterocycles. The third-order valence-electron chi connectivity index (χ3n) is 4.37. The lowest BCUT2D eigenvalue weighted by atomic mass is 10.1. The summed E-state index contributed by atoms with van der Waals surface area (Å²) >= 11 is 0. The van der Waals surface area contributed by atoms with Crippen LogP contribution in [0.25, 0.3) is 16.4 Å². The van der Waals surface area contributed by atoms with E-state index < -0.39 is 11.6 Å². The molecule has 0 amide bonds. The lowest BCUT2D eigenvalue weighted by molar-refractivity contribution is 0.0548. The van der Waals surface area contributed by atoms with Crippen molar-refractivity contribution in [1.82, 2.24) is 4.57 Å². The van der Waals surface area contributed by atoms with E-state index in [1.165, 1.54) is 10.1 Å². The number of benzene rings is 1. The lowest BCUT2D eigenvalue weighted by Crippen LogP contribution is -2.13. The van der Waals surface area contributed by atoms with Gasteiger partial charge in [0.05, 0.1) is 5.52 Å². The smallest absolute Gasteiger partial charge is 0.373 e. The molecule has 0 unspecified atom stereocenters. The molecule has 0 bridgehead atoms. The molecule has 2 heterocycles. The Kier molecular flexibility index (Phi) is 5.60. The van der Waals surface area contributed by atoms with Crippen LogP contribution in [-0.4, -0.2) is 17.1 Å². The predicted molar refractivity (Wildman–Crippen MR) is 106 cm³/mol. The quantitative estimate of drug-likeness (QED) is 0.461. The molecule has 0 aliphatic rings. The fourth-order valence-electron chi connectivity index (χ4n) is 2.91. The molecular formula is C22H23NO4. The number of pyridine rings is 1. The standard InChI is InChI=1S/C22H23NO4/c1-15(2)7-6-8-16(3)13-14-26-21(24)20-19-12-11-17-9-4-5-10-18(17)23(19)27-22(20)25/h4-5,7,9-13H,6,8,14H2,1-3H3/b16-13+. The maximum atomic E-state index is 12.4. The third-order valence-corrected chi connectivity index (χ3v) is 4.37. The zero-order valence-electron chi connectivity index (χ0n) is 15.8. The van der Waals surface area contributed by atoms with Crippen molar-refractivity contribution in [3.8, 4) is 0 Å². The highest BCUT2D eigenvalue weighted by Crippen LogP contribution is 2.19. The molecule has 0 saturated heterocycles. The Hall–Kier alpha value is -3.08. The molecule has 27 heavy (non-hydrogen) atoms. The van der Waals surface area contributed by atoms with E-state index in [-0.39, 0.29) is 12.2 Å². The van der Waals surface area contributed by atoms with E-state index in [0.717, 1.165) is 29.3 Å². The zero-order chi connectivity index (χ0) is 19.4. The third kappa shape index (κ3) is 4.19. The molecule has 1 aromatic carbocycles. The van der Waals surface area contributed by atoms with Gasteiger partial charge >= 0.3 is 11.6 Å². The molecule has 0 aliphatic carbocycles. The van der Waals surface area contributed by atoms with Gasteiger partial charge in [-0.25, -0.2) is 9.59 Å². The van der Waals surface area contributed by atoms with Crippen molar-refractivity contribution in [2.75, 3.05) is 6.61 Å². The van der Waals surface area contributed by atoms with E-state index >= 15 is 0 Å². The second kappa shape index (κ2) is 8.08. The summed E-state index contributed by atoms with van der Waals surface area (Å²) in [5, 5.41) is 0.915. The summed E-state index contributed by atoms with van der Waals surface area (Å²) < 4.78 is 11.9. The van der Waals surface area contributed by atoms with Gasteiger partial charge in [0.2, 0.25) is 0 Å². The van der Waals surface area contributed by atoms with Crippen molar-refractivity contribution in [3.63, 3.8) is 0 Å². The van der Waals surface area contributed by atoms with Gasteiger partial charge < -0.3 is 9.26 Å². The number of ether oxygens (including phenoxy) is 1. The minimum absolute atomic E-state index is 0.0728. The van der Waals surface area contributed by atoms with E-state index in [1.54, 1.807) is 6.07 Å². The fourth-order valence-corrected chi connectivity index (χ4v) is 2.91. The summed E-state index contributed by atoms with van der Waals surface area (Å²) in [4.78, 5) is 24.6. The maximum Gasteiger partial charge on any atom is 0.373 e. The van der Waals surface area contributed by atoms with Crippen LogP contribution in [0.15, 0.2) is 69.0 Å². The van der Waals surface area contributed by atoms with Crippen molar-refractivity contribution in [1.29, 1.82) is 0 Å². The van der Waals surface area contributed by atoms with Crippen LogP contribution in [0.1, 0.15) is 44.0 Å². The summed E-state index contributed by atoms with van der Waals surface area (Å²) in [6.07, 6.45) is 5.91. The summed E-state index contributed by atoms with van der Waals surface area (Å²) in [5.74, 6) is -0.671. The maximum absolute atomic E-state index is 12.4. The lowest BCUT2D eigenvalue weighted by Gasteiger charge is -2.03. The predicted octanol–water partition coefficient (Wildman–Crippen LogP) is 4.90. The van der Waals surface area contributed by atoms with Gasteiger partial charge in [-0.2, -0.15) is 4.57 Å². The number of aromatic nitrogens is 1. The molecule has 5 nitrogen and oxygen atoms in total. The van der Waals surface area contributed by atoms with Crippen LogP contribution < -0.4 is 5.63 Å². The number of rotatable bonds is 6. The Morgan fingerprint density at radius 1 is 1.07 bits per heavy atom. The Morgan fingerprint density at radius 3 is 2.63 bits per heavy atom. The number of hydrogen-bond acceptors (Lipinski definition) is 4. The van der Waals surface area contributed by atoms with Gasteiger partial charge in [0.1, 0.15) is 12.1 Å². The van der Waals surface area contributed by atoms with Crippen LogP contribution in [0.4, 0.5) is 0 Å². The first-order chi connectivity index (χ1) is 13.0. The Bertz CT molecular complexity index is 1090. The molecule has 0 aliphatic heterocycles. The first-order valence-corrected chi connectivity index (χ1v) is 8.97. The van der Waals surface area contributed by atoms with E-state index in [1.807, 2.05) is 43.3 Å². The van der Waals surface area contributed by atoms with Gasteiger partial charge in [-0.3, -0.25) is 0 Å². The highest BCUT2D eigenvalue weighted by molar-refractivity contribution is 5.98. The monoisotopic (exact) mass is 365 g/mol. The molecule has 140 valence electrons. The molecule has 5 heteroatoms. The van der Waals surface area contributed by atoms with Crippen molar-refractivity contribution in [3.05, 3.63) is 75.7 Å². The van der Waals surface area contributed by atoms with E-state index in [0.29, 0.717) is 5.52 Å². The minimum Gasteiger partial charge on any atom is -0.458 e. The molecule has 0 atom stereocenters. The van der Waals surface area contributed by atoms with Crippen LogP contribution in [0, 0.1) is 0 Å². The Labute approximate surface area is 157 Å². The highest BCUT2D eigenvalue weighted by Gasteiger charge is 2.21. The van der Waals surface area contributed by atoms with Crippen LogP contribution >= 0.6 is 0 Å². The average molecular weight is 365 g/mol. The van der Waals surface area contributed by atoms with Gasteiger partial charge in [-0.1, -0.05) is 41.5 Å². The SMILES string of the molecule is CC(C)=CCC/C(C)=C/COC(=O)c1c(=O)on2c1ccc1ccccc12. The van der Waals surface area contributed by atoms with Crippen molar-refractivity contribution >= 4 is 22.4 Å². The molecular weight excluding hydrogens is 342 g/mol. The van der Waals surface area contributed by atoms with Crippen LogP contribution in [0.5, 0.6) is 0 Å². The fraction of sp³-hybridized carbons (Fsp3) is 0.273. The normalized spacial score (nSPS) is 11.7. The molecule has 3 rings (SSSR count). The molecule has 3 aromatic rings. The number of fused-ring (bicyclic) bond motifs is 3. The summed E-state index contributed by atoms with van der Waals surface area (Å²) in [7, 11) is 0. The number of carbonyl (C=O) groups is 1. The summed E-state index contributed by atoms with van der Waals surface area (Å²) in [6, 6.07) is 11.0. The van der Waals surface area contributed by atoms with Crippen molar-refractivity contribution in [2.45, 2.75) is 33.6 Å². The number of para-hydroxylation sites is 1. The van der Waals surface area contributed by atoms with Gasteiger partial charge in [-0.15, -0.1) is 0 Å². The van der Waals surface area contributed by atoms with Crippen LogP contribution in [-0.2, 0) is 4.74 Å². The average Bonchev–Trinajstić information content (AvgIpc) is 2.97. The van der Waals surface area contributed by atoms with E-state index in [4.69, 9.17) is 9.26 Å². The van der Waals surface area contributed by atoms with E-state index in [9.17, 15) is 9.59 Å². The van der Waals surface area contributed by atoms with Crippen molar-refractivity contribution in [2.24, 2.45) is 0 Å². The molecule has 0 spiro atoms. The van der Waals surface area contributed by atoms with Gasteiger partial charge in [0.15, 0.2) is 5.56 Å². The second-order valence-corrected chi connectivity index (χ2v) is 6.79.